The number of hydrogen-bond donors (Lipinski definition) is 1. The van der Waals surface area contributed by atoms with Gasteiger partial charge in [0, 0.05) is 6.42 Å². The lowest BCUT2D eigenvalue weighted by Crippen LogP contribution is -2.17. The van der Waals surface area contributed by atoms with Crippen molar-refractivity contribution in [3.05, 3.63) is 11.1 Å². The molecular weight excluding hydrogens is 246 g/mol. The molecule has 0 radical (unpaired) electrons. The van der Waals surface area contributed by atoms with Gasteiger partial charge in [0.05, 0.1) is 6.42 Å². The van der Waals surface area contributed by atoms with Gasteiger partial charge in [-0.25, -0.2) is 9.59 Å². The van der Waals surface area contributed by atoms with Crippen molar-refractivity contribution in [3.8, 4) is 0 Å². The lowest BCUT2D eigenvalue weighted by Gasteiger charge is -2.00. The maximum absolute atomic E-state index is 11.0. The van der Waals surface area contributed by atoms with Crippen molar-refractivity contribution in [3.63, 3.8) is 0 Å². The molecule has 0 fully saturated rings. The molecule has 0 unspecified atom stereocenters. The van der Waals surface area contributed by atoms with Gasteiger partial charge in [-0.3, -0.25) is 10.2 Å². The fraction of sp³-hybridized carbons (Fsp3) is 0.250. The number of rotatable bonds is 5. The Hall–Kier alpha value is -2.96. The van der Waals surface area contributed by atoms with Crippen LogP contribution >= 0.6 is 0 Å². The van der Waals surface area contributed by atoms with Crippen molar-refractivity contribution in [1.82, 2.24) is 0 Å². The summed E-state index contributed by atoms with van der Waals surface area (Å²) in [7, 11) is 0. The lowest BCUT2D eigenvalue weighted by atomic mass is 10.3. The fourth-order valence-electron chi connectivity index (χ4n) is 0.698. The van der Waals surface area contributed by atoms with Gasteiger partial charge in [0.1, 0.15) is 0 Å². The Morgan fingerprint density at radius 3 is 2.00 bits per heavy atom. The smallest absolute Gasteiger partial charge is 0.404 e. The van der Waals surface area contributed by atoms with Crippen molar-refractivity contribution in [2.75, 3.05) is 0 Å². The molecular formula is C8H7N5O5. The summed E-state index contributed by atoms with van der Waals surface area (Å²) in [5, 5.41) is 7.11. The maximum Gasteiger partial charge on any atom is 0.421 e. The van der Waals surface area contributed by atoms with E-state index in [1.54, 1.807) is 0 Å². The van der Waals surface area contributed by atoms with Gasteiger partial charge in [0.2, 0.25) is 0 Å². The molecule has 0 saturated heterocycles. The van der Waals surface area contributed by atoms with Crippen LogP contribution in [0.4, 0.5) is 0 Å². The Morgan fingerprint density at radius 2 is 1.50 bits per heavy atom. The maximum atomic E-state index is 11.0. The summed E-state index contributed by atoms with van der Waals surface area (Å²) in [5.74, 6) is -3.81. The van der Waals surface area contributed by atoms with Gasteiger partial charge < -0.3 is 20.5 Å². The zero-order chi connectivity index (χ0) is 14.0. The molecule has 0 aliphatic carbocycles. The third kappa shape index (κ3) is 7.35. The first-order valence-electron chi connectivity index (χ1n) is 4.38. The average Bonchev–Trinajstić information content (AvgIpc) is 2.27. The highest BCUT2D eigenvalue weighted by atomic mass is 16.6. The zero-order valence-corrected chi connectivity index (χ0v) is 8.90. The van der Waals surface area contributed by atoms with Gasteiger partial charge in [-0.05, 0) is 0 Å². The molecule has 0 heterocycles. The number of esters is 3. The zero-order valence-electron chi connectivity index (χ0n) is 8.90. The predicted octanol–water partition coefficient (Wildman–Crippen LogP) is -1.04. The molecule has 0 rings (SSSR count). The summed E-state index contributed by atoms with van der Waals surface area (Å²) in [4.78, 5) is 37.0. The average molecular weight is 253 g/mol. The van der Waals surface area contributed by atoms with E-state index in [1.165, 1.54) is 0 Å². The van der Waals surface area contributed by atoms with Crippen LogP contribution < -0.4 is 0 Å². The van der Waals surface area contributed by atoms with Crippen molar-refractivity contribution < 1.29 is 33.4 Å². The molecule has 0 amide bonds. The number of carbonyl (C=O) groups is 3. The molecule has 0 aromatic heterocycles. The minimum atomic E-state index is -1.17. The molecule has 1 N–H and O–H groups in total. The Bertz CT molecular complexity index is 428. The molecule has 0 aromatic carbocycles. The molecule has 0 aliphatic rings. The molecule has 94 valence electrons. The van der Waals surface area contributed by atoms with E-state index in [0.29, 0.717) is 12.4 Å². The summed E-state index contributed by atoms with van der Waals surface area (Å²) in [6.07, 6.45) is 0.107. The molecule has 0 atom stereocenters. The van der Waals surface area contributed by atoms with Crippen LogP contribution in [0.1, 0.15) is 12.8 Å². The molecule has 10 nitrogen and oxygen atoms in total. The van der Waals surface area contributed by atoms with E-state index in [9.17, 15) is 14.4 Å². The SMILES string of the molecule is [N-]=[N+]=CC(=O)OC(=N)CCC(=O)OC(=O)C=[N+]=[N-]. The summed E-state index contributed by atoms with van der Waals surface area (Å²) >= 11 is 0. The molecule has 0 aliphatic heterocycles. The van der Waals surface area contributed by atoms with Crippen LogP contribution in [-0.4, -0.2) is 45.8 Å². The van der Waals surface area contributed by atoms with Gasteiger partial charge in [-0.1, -0.05) is 0 Å². The molecule has 0 aromatic rings. The van der Waals surface area contributed by atoms with Crippen molar-refractivity contribution in [1.29, 1.82) is 5.41 Å². The summed E-state index contributed by atoms with van der Waals surface area (Å²) in [6.45, 7) is 0. The largest absolute Gasteiger partial charge is 0.421 e. The standard InChI is InChI=1S/C8H7N5O5/c9-5(17-7(15)3-12-10)1-2-6(14)18-8(16)4-13-11/h3-4,9H,1-2H2. The van der Waals surface area contributed by atoms with Gasteiger partial charge >= 0.3 is 30.3 Å². The van der Waals surface area contributed by atoms with Crippen LogP contribution in [0.5, 0.6) is 0 Å². The van der Waals surface area contributed by atoms with Crippen molar-refractivity contribution in [2.45, 2.75) is 12.8 Å². The summed E-state index contributed by atoms with van der Waals surface area (Å²) < 4.78 is 8.37. The molecule has 0 bridgehead atoms. The number of hydrogen-bond acceptors (Lipinski definition) is 6. The van der Waals surface area contributed by atoms with Gasteiger partial charge in [-0.15, -0.1) is 0 Å². The molecule has 0 spiro atoms. The highest BCUT2D eigenvalue weighted by Gasteiger charge is 2.14. The Kier molecular flexibility index (Phi) is 6.87. The first kappa shape index (κ1) is 15.0. The van der Waals surface area contributed by atoms with E-state index < -0.39 is 30.2 Å². The second kappa shape index (κ2) is 8.22. The van der Waals surface area contributed by atoms with Gasteiger partial charge in [0.25, 0.3) is 0 Å². The van der Waals surface area contributed by atoms with Crippen LogP contribution in [0.2, 0.25) is 0 Å². The van der Waals surface area contributed by atoms with Gasteiger partial charge in [-0.2, -0.15) is 9.58 Å². The topological polar surface area (TPSA) is 166 Å². The fourth-order valence-corrected chi connectivity index (χ4v) is 0.698. The van der Waals surface area contributed by atoms with Gasteiger partial charge in [0.15, 0.2) is 5.90 Å². The van der Waals surface area contributed by atoms with Crippen molar-refractivity contribution >= 4 is 36.2 Å². The quantitative estimate of drug-likeness (QED) is 0.164. The first-order valence-corrected chi connectivity index (χ1v) is 4.38. The summed E-state index contributed by atoms with van der Waals surface area (Å²) in [6, 6.07) is 0. The molecule has 18 heavy (non-hydrogen) atoms. The van der Waals surface area contributed by atoms with E-state index in [1.807, 2.05) is 0 Å². The van der Waals surface area contributed by atoms with Crippen LogP contribution in [0.25, 0.3) is 11.1 Å². The van der Waals surface area contributed by atoms with Crippen LogP contribution in [0.15, 0.2) is 0 Å². The van der Waals surface area contributed by atoms with Crippen LogP contribution in [-0.2, 0) is 23.9 Å². The third-order valence-electron chi connectivity index (χ3n) is 1.32. The predicted molar refractivity (Wildman–Crippen MR) is 53.5 cm³/mol. The van der Waals surface area contributed by atoms with Crippen LogP contribution in [0, 0.1) is 5.41 Å². The van der Waals surface area contributed by atoms with E-state index >= 15 is 0 Å². The van der Waals surface area contributed by atoms with Crippen molar-refractivity contribution in [2.24, 2.45) is 0 Å². The minimum Gasteiger partial charge on any atom is -0.404 e. The second-order valence-electron chi connectivity index (χ2n) is 2.63. The van der Waals surface area contributed by atoms with E-state index in [4.69, 9.17) is 16.5 Å². The van der Waals surface area contributed by atoms with E-state index in [0.717, 1.165) is 0 Å². The Balaban J connectivity index is 4.02. The molecule has 10 heteroatoms. The second-order valence-corrected chi connectivity index (χ2v) is 2.63. The van der Waals surface area contributed by atoms with Crippen LogP contribution in [0.3, 0.4) is 0 Å². The number of nitrogens with one attached hydrogen (secondary N) is 1. The first-order chi connectivity index (χ1) is 8.49. The number of carbonyl (C=O) groups excluding carboxylic acids is 3. The highest BCUT2D eigenvalue weighted by Crippen LogP contribution is 1.96. The highest BCUT2D eigenvalue weighted by molar-refractivity contribution is 6.24. The van der Waals surface area contributed by atoms with E-state index in [-0.39, 0.29) is 6.42 Å². The Morgan fingerprint density at radius 1 is 1.00 bits per heavy atom. The monoisotopic (exact) mass is 253 g/mol. The lowest BCUT2D eigenvalue weighted by molar-refractivity contribution is -0.156. The summed E-state index contributed by atoms with van der Waals surface area (Å²) in [5.41, 5.74) is 15.9. The number of nitrogens with zero attached hydrogens (tertiary/aromatic N) is 4. The third-order valence-corrected chi connectivity index (χ3v) is 1.32. The van der Waals surface area contributed by atoms with E-state index in [2.05, 4.69) is 19.1 Å². The molecule has 0 saturated carbocycles. The minimum absolute atomic E-state index is 0.298. The number of ether oxygens (including phenoxy) is 2. The Labute approximate surface area is 99.9 Å². The normalized spacial score (nSPS) is 8.22.